The lowest BCUT2D eigenvalue weighted by Crippen LogP contribution is -2.27. The van der Waals surface area contributed by atoms with E-state index in [0.717, 1.165) is 0 Å². The van der Waals surface area contributed by atoms with Crippen LogP contribution >= 0.6 is 11.3 Å². The summed E-state index contributed by atoms with van der Waals surface area (Å²) in [7, 11) is 4.13. The molecule has 0 aliphatic carbocycles. The molecule has 6 heteroatoms. The number of thiophene rings is 1. The van der Waals surface area contributed by atoms with E-state index < -0.39 is 0 Å². The van der Waals surface area contributed by atoms with E-state index in [2.05, 4.69) is 52.7 Å². The van der Waals surface area contributed by atoms with Crippen LogP contribution in [0.15, 0.2) is 17.6 Å². The van der Waals surface area contributed by atoms with E-state index in [-0.39, 0.29) is 11.8 Å². The Labute approximate surface area is 135 Å². The first-order chi connectivity index (χ1) is 10.4. The van der Waals surface area contributed by atoms with Gasteiger partial charge in [-0.3, -0.25) is 4.79 Å². The zero-order valence-corrected chi connectivity index (χ0v) is 14.5. The van der Waals surface area contributed by atoms with Crippen LogP contribution in [0.3, 0.4) is 0 Å². The minimum Gasteiger partial charge on any atom is -0.352 e. The van der Waals surface area contributed by atoms with Crippen LogP contribution in [0.1, 0.15) is 39.5 Å². The predicted molar refractivity (Wildman–Crippen MR) is 90.7 cm³/mol. The Kier molecular flexibility index (Phi) is 5.26. The summed E-state index contributed by atoms with van der Waals surface area (Å²) in [6.07, 6.45) is 1.59. The van der Waals surface area contributed by atoms with Crippen molar-refractivity contribution in [3.63, 3.8) is 0 Å². The summed E-state index contributed by atoms with van der Waals surface area (Å²) in [6.45, 7) is 6.20. The molecule has 1 N–H and O–H groups in total. The standard InChI is InChI=1S/C16H22N4OS/c1-10-6-7-22-15(10)14(20(4)5)9-18-16-17-8-13(12(3)21)11(2)19-16/h6-8,14H,9H2,1-5H3,(H,17,18,19)/t14-/m1/s1. The highest BCUT2D eigenvalue weighted by atomic mass is 32.1. The van der Waals surface area contributed by atoms with Gasteiger partial charge in [0.2, 0.25) is 5.95 Å². The van der Waals surface area contributed by atoms with E-state index in [1.165, 1.54) is 17.4 Å². The fourth-order valence-electron chi connectivity index (χ4n) is 2.32. The first-order valence-corrected chi connectivity index (χ1v) is 8.07. The van der Waals surface area contributed by atoms with Gasteiger partial charge >= 0.3 is 0 Å². The Morgan fingerprint density at radius 3 is 2.64 bits per heavy atom. The zero-order chi connectivity index (χ0) is 16.3. The van der Waals surface area contributed by atoms with Crippen LogP contribution < -0.4 is 5.32 Å². The average Bonchev–Trinajstić information content (AvgIpc) is 2.84. The van der Waals surface area contributed by atoms with Crippen LogP contribution in [0, 0.1) is 13.8 Å². The molecule has 2 rings (SSSR count). The SMILES string of the molecule is CC(=O)c1cnc(NC[C@H](c2sccc2C)N(C)C)nc1C. The monoisotopic (exact) mass is 318 g/mol. The van der Waals surface area contributed by atoms with Crippen molar-refractivity contribution in [2.45, 2.75) is 26.8 Å². The smallest absolute Gasteiger partial charge is 0.222 e. The van der Waals surface area contributed by atoms with Crippen molar-refractivity contribution in [2.75, 3.05) is 26.0 Å². The highest BCUT2D eigenvalue weighted by molar-refractivity contribution is 7.10. The van der Waals surface area contributed by atoms with Gasteiger partial charge in [-0.2, -0.15) is 0 Å². The van der Waals surface area contributed by atoms with E-state index in [4.69, 9.17) is 0 Å². The lowest BCUT2D eigenvalue weighted by molar-refractivity contribution is 0.101. The molecule has 0 radical (unpaired) electrons. The lowest BCUT2D eigenvalue weighted by Gasteiger charge is -2.24. The summed E-state index contributed by atoms with van der Waals surface area (Å²) in [5, 5.41) is 5.39. The average molecular weight is 318 g/mol. The Morgan fingerprint density at radius 2 is 2.14 bits per heavy atom. The number of carbonyl (C=O) groups is 1. The second-order valence-electron chi connectivity index (χ2n) is 5.58. The molecule has 0 bridgehead atoms. The molecule has 22 heavy (non-hydrogen) atoms. The van der Waals surface area contributed by atoms with E-state index in [1.807, 2.05) is 6.92 Å². The number of hydrogen-bond donors (Lipinski definition) is 1. The van der Waals surface area contributed by atoms with Gasteiger partial charge in [0.25, 0.3) is 0 Å². The first kappa shape index (κ1) is 16.6. The number of nitrogens with zero attached hydrogens (tertiary/aromatic N) is 3. The molecule has 0 aromatic carbocycles. The van der Waals surface area contributed by atoms with Crippen LogP contribution in [-0.4, -0.2) is 41.3 Å². The van der Waals surface area contributed by atoms with Crippen LogP contribution in [-0.2, 0) is 0 Å². The third-order valence-electron chi connectivity index (χ3n) is 3.64. The summed E-state index contributed by atoms with van der Waals surface area (Å²) in [5.41, 5.74) is 2.58. The number of hydrogen-bond acceptors (Lipinski definition) is 6. The summed E-state index contributed by atoms with van der Waals surface area (Å²) >= 11 is 1.76. The van der Waals surface area contributed by atoms with Gasteiger partial charge in [0.1, 0.15) is 0 Å². The van der Waals surface area contributed by atoms with Crippen molar-refractivity contribution in [2.24, 2.45) is 0 Å². The third kappa shape index (κ3) is 3.69. The number of Topliss-reactive ketones (excluding diaryl/α,β-unsaturated/α-hetero) is 1. The maximum Gasteiger partial charge on any atom is 0.222 e. The molecular weight excluding hydrogens is 296 g/mol. The number of nitrogens with one attached hydrogen (secondary N) is 1. The summed E-state index contributed by atoms with van der Waals surface area (Å²) in [5.74, 6) is 0.549. The lowest BCUT2D eigenvalue weighted by atomic mass is 10.1. The molecule has 0 amide bonds. The minimum atomic E-state index is -0.00979. The van der Waals surface area contributed by atoms with Gasteiger partial charge in [0, 0.05) is 17.6 Å². The highest BCUT2D eigenvalue weighted by Gasteiger charge is 2.18. The Balaban J connectivity index is 2.12. The van der Waals surface area contributed by atoms with Gasteiger partial charge in [-0.05, 0) is 51.9 Å². The topological polar surface area (TPSA) is 58.1 Å². The van der Waals surface area contributed by atoms with Gasteiger partial charge in [-0.25, -0.2) is 9.97 Å². The molecule has 2 aromatic heterocycles. The second-order valence-corrected chi connectivity index (χ2v) is 6.52. The van der Waals surface area contributed by atoms with Crippen LogP contribution in [0.25, 0.3) is 0 Å². The van der Waals surface area contributed by atoms with E-state index in [9.17, 15) is 4.79 Å². The first-order valence-electron chi connectivity index (χ1n) is 7.19. The van der Waals surface area contributed by atoms with Crippen molar-refractivity contribution in [1.29, 1.82) is 0 Å². The molecule has 1 atom stereocenters. The molecule has 0 unspecified atom stereocenters. The van der Waals surface area contributed by atoms with Crippen LogP contribution in [0.2, 0.25) is 0 Å². The Bertz CT molecular complexity index is 666. The van der Waals surface area contributed by atoms with Gasteiger partial charge in [0.05, 0.1) is 17.3 Å². The van der Waals surface area contributed by atoms with Crippen molar-refractivity contribution in [3.8, 4) is 0 Å². The molecular formula is C16H22N4OS. The van der Waals surface area contributed by atoms with Crippen molar-refractivity contribution >= 4 is 23.1 Å². The molecule has 0 aliphatic rings. The van der Waals surface area contributed by atoms with E-state index >= 15 is 0 Å². The van der Waals surface area contributed by atoms with Crippen molar-refractivity contribution < 1.29 is 4.79 Å². The fourth-order valence-corrected chi connectivity index (χ4v) is 3.45. The Morgan fingerprint density at radius 1 is 1.41 bits per heavy atom. The van der Waals surface area contributed by atoms with Crippen molar-refractivity contribution in [1.82, 2.24) is 14.9 Å². The number of carbonyl (C=O) groups excluding carboxylic acids is 1. The Hall–Kier alpha value is -1.79. The maximum absolute atomic E-state index is 11.4. The number of rotatable bonds is 6. The van der Waals surface area contributed by atoms with Crippen LogP contribution in [0.4, 0.5) is 5.95 Å². The minimum absolute atomic E-state index is 0.00979. The molecule has 118 valence electrons. The number of aromatic nitrogens is 2. The van der Waals surface area contributed by atoms with Gasteiger partial charge in [-0.15, -0.1) is 11.3 Å². The van der Waals surface area contributed by atoms with Gasteiger partial charge in [-0.1, -0.05) is 0 Å². The van der Waals surface area contributed by atoms with Crippen molar-refractivity contribution in [3.05, 3.63) is 39.3 Å². The third-order valence-corrected chi connectivity index (χ3v) is 4.76. The summed E-state index contributed by atoms with van der Waals surface area (Å²) in [4.78, 5) is 23.6. The normalized spacial score (nSPS) is 12.5. The number of aryl methyl sites for hydroxylation is 2. The number of ketones is 1. The molecule has 5 nitrogen and oxygen atoms in total. The molecule has 0 aliphatic heterocycles. The number of likely N-dealkylation sites (N-methyl/N-ethyl adjacent to an activating group) is 1. The molecule has 0 saturated heterocycles. The highest BCUT2D eigenvalue weighted by Crippen LogP contribution is 2.27. The summed E-state index contributed by atoms with van der Waals surface area (Å²) < 4.78 is 0. The number of anilines is 1. The zero-order valence-electron chi connectivity index (χ0n) is 13.7. The largest absolute Gasteiger partial charge is 0.352 e. The molecule has 0 spiro atoms. The van der Waals surface area contributed by atoms with E-state index in [0.29, 0.717) is 23.8 Å². The van der Waals surface area contributed by atoms with Gasteiger partial charge in [0.15, 0.2) is 5.78 Å². The summed E-state index contributed by atoms with van der Waals surface area (Å²) in [6, 6.07) is 2.40. The fraction of sp³-hybridized carbons (Fsp3) is 0.438. The molecule has 0 saturated carbocycles. The predicted octanol–water partition coefficient (Wildman–Crippen LogP) is 3.07. The maximum atomic E-state index is 11.4. The molecule has 2 aromatic rings. The quantitative estimate of drug-likeness (QED) is 0.830. The molecule has 0 fully saturated rings. The van der Waals surface area contributed by atoms with Crippen LogP contribution in [0.5, 0.6) is 0 Å². The second kappa shape index (κ2) is 6.98. The van der Waals surface area contributed by atoms with E-state index in [1.54, 1.807) is 17.5 Å². The molecule has 2 heterocycles. The van der Waals surface area contributed by atoms with Gasteiger partial charge < -0.3 is 10.2 Å².